The number of hydrogen-bond acceptors (Lipinski definition) is 4. The van der Waals surface area contributed by atoms with Gasteiger partial charge in [-0.3, -0.25) is 4.79 Å². The minimum atomic E-state index is -0.250. The van der Waals surface area contributed by atoms with Crippen LogP contribution < -0.4 is 5.32 Å². The summed E-state index contributed by atoms with van der Waals surface area (Å²) >= 11 is 7.41. The van der Waals surface area contributed by atoms with E-state index in [0.717, 1.165) is 5.56 Å². The van der Waals surface area contributed by atoms with Gasteiger partial charge in [-0.15, -0.1) is 10.2 Å². The molecule has 0 aliphatic carbocycles. The van der Waals surface area contributed by atoms with Gasteiger partial charge in [0, 0.05) is 18.6 Å². The van der Waals surface area contributed by atoms with E-state index in [-0.39, 0.29) is 11.2 Å². The number of benzene rings is 1. The Hall–Kier alpha value is -1.53. The van der Waals surface area contributed by atoms with Crippen LogP contribution in [-0.2, 0) is 18.4 Å². The molecule has 0 aliphatic rings. The minimum Gasteiger partial charge on any atom is -0.351 e. The highest BCUT2D eigenvalue weighted by Crippen LogP contribution is 2.20. The zero-order chi connectivity index (χ0) is 14.5. The molecule has 0 aliphatic heterocycles. The average molecular weight is 311 g/mol. The SMILES string of the molecule is C[C@@H](Sc1nncn1C)C(=O)NCc1ccccc1Cl. The second kappa shape index (κ2) is 6.76. The van der Waals surface area contributed by atoms with Gasteiger partial charge in [0.05, 0.1) is 5.25 Å². The Bertz CT molecular complexity index is 602. The molecular weight excluding hydrogens is 296 g/mol. The first-order valence-corrected chi connectivity index (χ1v) is 7.35. The Kier molecular flexibility index (Phi) is 5.03. The standard InChI is InChI=1S/C13H15ClN4OS/c1-9(20-13-17-16-8-18(13)2)12(19)15-7-10-5-3-4-6-11(10)14/h3-6,8-9H,7H2,1-2H3,(H,15,19)/t9-/m1/s1. The molecule has 1 atom stereocenters. The fourth-order valence-corrected chi connectivity index (χ4v) is 2.58. The quantitative estimate of drug-likeness (QED) is 0.861. The predicted octanol–water partition coefficient (Wildman–Crippen LogP) is 2.27. The largest absolute Gasteiger partial charge is 0.351 e. The van der Waals surface area contributed by atoms with E-state index in [2.05, 4.69) is 15.5 Å². The lowest BCUT2D eigenvalue weighted by molar-refractivity contribution is -0.120. The number of nitrogens with one attached hydrogen (secondary N) is 1. The first-order chi connectivity index (χ1) is 9.58. The van der Waals surface area contributed by atoms with E-state index in [1.54, 1.807) is 17.0 Å². The lowest BCUT2D eigenvalue weighted by Crippen LogP contribution is -2.30. The van der Waals surface area contributed by atoms with E-state index in [1.807, 2.05) is 32.2 Å². The van der Waals surface area contributed by atoms with Crippen molar-refractivity contribution in [3.8, 4) is 0 Å². The molecule has 0 fully saturated rings. The highest BCUT2D eigenvalue weighted by Gasteiger charge is 2.16. The van der Waals surface area contributed by atoms with E-state index < -0.39 is 0 Å². The Balaban J connectivity index is 1.89. The van der Waals surface area contributed by atoms with Crippen molar-refractivity contribution in [2.45, 2.75) is 23.9 Å². The molecule has 1 heterocycles. The summed E-state index contributed by atoms with van der Waals surface area (Å²) in [6.45, 7) is 2.25. The molecule has 1 aromatic carbocycles. The summed E-state index contributed by atoms with van der Waals surface area (Å²) < 4.78 is 1.78. The van der Waals surface area contributed by atoms with Gasteiger partial charge in [0.25, 0.3) is 0 Å². The molecule has 7 heteroatoms. The number of aromatic nitrogens is 3. The molecule has 1 aromatic heterocycles. The lowest BCUT2D eigenvalue weighted by atomic mass is 10.2. The topological polar surface area (TPSA) is 59.8 Å². The summed E-state index contributed by atoms with van der Waals surface area (Å²) in [5, 5.41) is 11.7. The number of carbonyl (C=O) groups excluding carboxylic acids is 1. The van der Waals surface area contributed by atoms with Crippen LogP contribution in [0, 0.1) is 0 Å². The van der Waals surface area contributed by atoms with Gasteiger partial charge in [-0.25, -0.2) is 0 Å². The molecule has 0 radical (unpaired) electrons. The van der Waals surface area contributed by atoms with E-state index in [9.17, 15) is 4.79 Å². The van der Waals surface area contributed by atoms with Gasteiger partial charge in [0.2, 0.25) is 5.91 Å². The van der Waals surface area contributed by atoms with Gasteiger partial charge < -0.3 is 9.88 Å². The maximum atomic E-state index is 12.0. The summed E-state index contributed by atoms with van der Waals surface area (Å²) in [5.74, 6) is -0.0575. The van der Waals surface area contributed by atoms with Crippen LogP contribution in [0.25, 0.3) is 0 Å². The third-order valence-electron chi connectivity index (χ3n) is 2.73. The summed E-state index contributed by atoms with van der Waals surface area (Å²) in [6.07, 6.45) is 1.61. The van der Waals surface area contributed by atoms with Crippen molar-refractivity contribution in [3.05, 3.63) is 41.2 Å². The zero-order valence-electron chi connectivity index (χ0n) is 11.2. The van der Waals surface area contributed by atoms with Gasteiger partial charge in [0.1, 0.15) is 6.33 Å². The van der Waals surface area contributed by atoms with E-state index >= 15 is 0 Å². The predicted molar refractivity (Wildman–Crippen MR) is 79.6 cm³/mol. The first-order valence-electron chi connectivity index (χ1n) is 6.09. The van der Waals surface area contributed by atoms with Crippen molar-refractivity contribution in [1.29, 1.82) is 0 Å². The van der Waals surface area contributed by atoms with Gasteiger partial charge in [-0.1, -0.05) is 41.6 Å². The number of thioether (sulfide) groups is 1. The van der Waals surface area contributed by atoms with Crippen molar-refractivity contribution >= 4 is 29.3 Å². The van der Waals surface area contributed by atoms with Gasteiger partial charge in [-0.2, -0.15) is 0 Å². The maximum absolute atomic E-state index is 12.0. The zero-order valence-corrected chi connectivity index (χ0v) is 12.8. The highest BCUT2D eigenvalue weighted by atomic mass is 35.5. The normalized spacial score (nSPS) is 12.2. The van der Waals surface area contributed by atoms with Crippen molar-refractivity contribution in [1.82, 2.24) is 20.1 Å². The Labute approximate surface area is 126 Å². The number of aryl methyl sites for hydroxylation is 1. The number of hydrogen-bond donors (Lipinski definition) is 1. The van der Waals surface area contributed by atoms with Crippen LogP contribution in [0.15, 0.2) is 35.7 Å². The molecule has 0 bridgehead atoms. The van der Waals surface area contributed by atoms with Gasteiger partial charge in [0.15, 0.2) is 5.16 Å². The van der Waals surface area contributed by atoms with Crippen LogP contribution in [0.2, 0.25) is 5.02 Å². The molecular formula is C13H15ClN4OS. The van der Waals surface area contributed by atoms with Crippen molar-refractivity contribution in [2.75, 3.05) is 0 Å². The molecule has 0 saturated carbocycles. The molecule has 0 spiro atoms. The summed E-state index contributed by atoms with van der Waals surface area (Å²) in [7, 11) is 1.84. The van der Waals surface area contributed by atoms with E-state index in [4.69, 9.17) is 11.6 Å². The molecule has 1 amide bonds. The highest BCUT2D eigenvalue weighted by molar-refractivity contribution is 8.00. The van der Waals surface area contributed by atoms with Crippen LogP contribution in [-0.4, -0.2) is 25.9 Å². The van der Waals surface area contributed by atoms with Crippen molar-refractivity contribution in [2.24, 2.45) is 7.05 Å². The molecule has 0 saturated heterocycles. The fourth-order valence-electron chi connectivity index (χ4n) is 1.56. The monoisotopic (exact) mass is 310 g/mol. The molecule has 0 unspecified atom stereocenters. The first kappa shape index (κ1) is 14.9. The van der Waals surface area contributed by atoms with Crippen LogP contribution in [0.1, 0.15) is 12.5 Å². The average Bonchev–Trinajstić information content (AvgIpc) is 2.83. The second-order valence-corrected chi connectivity index (χ2v) is 6.01. The number of carbonyl (C=O) groups is 1. The molecule has 2 rings (SSSR count). The smallest absolute Gasteiger partial charge is 0.233 e. The van der Waals surface area contributed by atoms with Gasteiger partial charge in [-0.05, 0) is 18.6 Å². The second-order valence-electron chi connectivity index (χ2n) is 4.29. The summed E-state index contributed by atoms with van der Waals surface area (Å²) in [6, 6.07) is 7.45. The summed E-state index contributed by atoms with van der Waals surface area (Å²) in [5.41, 5.74) is 0.901. The molecule has 20 heavy (non-hydrogen) atoms. The molecule has 106 valence electrons. The van der Waals surface area contributed by atoms with Crippen molar-refractivity contribution < 1.29 is 4.79 Å². The van der Waals surface area contributed by atoms with Crippen LogP contribution in [0.3, 0.4) is 0 Å². The van der Waals surface area contributed by atoms with Gasteiger partial charge >= 0.3 is 0 Å². The Morgan fingerprint density at radius 3 is 2.90 bits per heavy atom. The van der Waals surface area contributed by atoms with E-state index in [0.29, 0.717) is 16.7 Å². The third-order valence-corrected chi connectivity index (χ3v) is 4.25. The van der Waals surface area contributed by atoms with Crippen molar-refractivity contribution in [3.63, 3.8) is 0 Å². The van der Waals surface area contributed by atoms with E-state index in [1.165, 1.54) is 11.8 Å². The van der Waals surface area contributed by atoms with Crippen LogP contribution >= 0.6 is 23.4 Å². The minimum absolute atomic E-state index is 0.0575. The Morgan fingerprint density at radius 2 is 2.25 bits per heavy atom. The fraction of sp³-hybridized carbons (Fsp3) is 0.308. The lowest BCUT2D eigenvalue weighted by Gasteiger charge is -2.11. The Morgan fingerprint density at radius 1 is 1.50 bits per heavy atom. The number of nitrogens with zero attached hydrogens (tertiary/aromatic N) is 3. The maximum Gasteiger partial charge on any atom is 0.233 e. The third kappa shape index (κ3) is 3.74. The number of halogens is 1. The summed E-state index contributed by atoms with van der Waals surface area (Å²) in [4.78, 5) is 12.0. The molecule has 1 N–H and O–H groups in total. The number of amides is 1. The molecule has 5 nitrogen and oxygen atoms in total. The van der Waals surface area contributed by atoms with Crippen LogP contribution in [0.4, 0.5) is 0 Å². The van der Waals surface area contributed by atoms with Crippen LogP contribution in [0.5, 0.6) is 0 Å². The molecule has 2 aromatic rings. The number of rotatable bonds is 5.